The van der Waals surface area contributed by atoms with Crippen molar-refractivity contribution in [1.29, 1.82) is 0 Å². The van der Waals surface area contributed by atoms with Crippen LogP contribution in [0.5, 0.6) is 0 Å². The molecule has 0 spiro atoms. The molecule has 162 valence electrons. The Hall–Kier alpha value is -3.20. The normalized spacial score (nSPS) is 21.9. The summed E-state index contributed by atoms with van der Waals surface area (Å²) in [7, 11) is 0. The molecule has 9 heteroatoms. The van der Waals surface area contributed by atoms with E-state index in [2.05, 4.69) is 21.1 Å². The molecule has 2 aromatic rings. The highest BCUT2D eigenvalue weighted by atomic mass is 16.5. The van der Waals surface area contributed by atoms with Crippen molar-refractivity contribution in [2.75, 3.05) is 18.4 Å². The molecule has 1 aromatic carbocycles. The minimum absolute atomic E-state index is 0.160. The number of nitrogens with one attached hydrogen (secondary N) is 3. The van der Waals surface area contributed by atoms with Crippen LogP contribution in [0.1, 0.15) is 58.8 Å². The molecule has 0 aliphatic carbocycles. The number of carbonyl (C=O) groups excluding carboxylic acids is 3. The Kier molecular flexibility index (Phi) is 5.19. The molecule has 9 nitrogen and oxygen atoms in total. The maximum Gasteiger partial charge on any atom is 0.255 e. The van der Waals surface area contributed by atoms with Gasteiger partial charge >= 0.3 is 0 Å². The minimum atomic E-state index is -0.594. The highest BCUT2D eigenvalue weighted by Gasteiger charge is 2.39. The fraction of sp³-hybridized carbons (Fsp3) is 0.455. The highest BCUT2D eigenvalue weighted by Crippen LogP contribution is 2.31. The summed E-state index contributed by atoms with van der Waals surface area (Å²) in [4.78, 5) is 38.2. The van der Waals surface area contributed by atoms with E-state index in [0.29, 0.717) is 31.0 Å². The predicted octanol–water partition coefficient (Wildman–Crippen LogP) is 1.51. The molecule has 2 fully saturated rings. The Labute approximate surface area is 179 Å². The number of hydrogen-bond donors (Lipinski definition) is 3. The van der Waals surface area contributed by atoms with Gasteiger partial charge in [0.05, 0.1) is 5.69 Å². The molecule has 0 bridgehead atoms. The SMILES string of the molecule is O=C1CCC(N2Cc3ccc(CNc4conc4C4CCNCC4)cc3C2=O)C(=O)N1. The van der Waals surface area contributed by atoms with Crippen LogP contribution in [0.25, 0.3) is 0 Å². The highest BCUT2D eigenvalue weighted by molar-refractivity contribution is 6.05. The maximum absolute atomic E-state index is 13.0. The zero-order valence-electron chi connectivity index (χ0n) is 17.1. The average Bonchev–Trinajstić information content (AvgIpc) is 3.38. The molecule has 1 unspecified atom stereocenters. The lowest BCUT2D eigenvalue weighted by Crippen LogP contribution is -2.52. The third-order valence-corrected chi connectivity index (χ3v) is 6.40. The van der Waals surface area contributed by atoms with Crippen molar-refractivity contribution in [2.45, 2.75) is 50.7 Å². The van der Waals surface area contributed by atoms with E-state index in [9.17, 15) is 14.4 Å². The van der Waals surface area contributed by atoms with Crippen molar-refractivity contribution in [2.24, 2.45) is 0 Å². The van der Waals surface area contributed by atoms with Gasteiger partial charge in [-0.1, -0.05) is 17.3 Å². The van der Waals surface area contributed by atoms with Gasteiger partial charge in [-0.3, -0.25) is 19.7 Å². The Bertz CT molecular complexity index is 1030. The molecule has 3 amide bonds. The van der Waals surface area contributed by atoms with Crippen molar-refractivity contribution in [3.63, 3.8) is 0 Å². The fourth-order valence-electron chi connectivity index (χ4n) is 4.68. The largest absolute Gasteiger partial charge is 0.377 e. The van der Waals surface area contributed by atoms with E-state index in [1.165, 1.54) is 0 Å². The summed E-state index contributed by atoms with van der Waals surface area (Å²) >= 11 is 0. The lowest BCUT2D eigenvalue weighted by molar-refractivity contribution is -0.136. The van der Waals surface area contributed by atoms with Crippen LogP contribution in [-0.4, -0.2) is 46.9 Å². The lowest BCUT2D eigenvalue weighted by Gasteiger charge is -2.29. The molecule has 3 N–H and O–H groups in total. The van der Waals surface area contributed by atoms with Gasteiger partial charge in [-0.15, -0.1) is 0 Å². The summed E-state index contributed by atoms with van der Waals surface area (Å²) in [6.07, 6.45) is 4.33. The van der Waals surface area contributed by atoms with E-state index in [1.807, 2.05) is 18.2 Å². The standard InChI is InChI=1S/C22H25N5O4/c28-19-4-3-18(21(29)25-19)27-11-15-2-1-13(9-16(15)22(27)30)10-24-17-12-31-26-20(17)14-5-7-23-8-6-14/h1-2,9,12,14,18,23-24H,3-8,10-11H2,(H,25,28,29). The van der Waals surface area contributed by atoms with Gasteiger partial charge in [-0.2, -0.15) is 0 Å². The number of hydrogen-bond acceptors (Lipinski definition) is 7. The van der Waals surface area contributed by atoms with Crippen LogP contribution in [0.15, 0.2) is 29.0 Å². The minimum Gasteiger partial charge on any atom is -0.377 e. The van der Waals surface area contributed by atoms with E-state index in [4.69, 9.17) is 4.52 Å². The maximum atomic E-state index is 13.0. The smallest absolute Gasteiger partial charge is 0.255 e. The first-order valence-corrected chi connectivity index (χ1v) is 10.8. The molecular weight excluding hydrogens is 398 g/mol. The van der Waals surface area contributed by atoms with Crippen molar-refractivity contribution < 1.29 is 18.9 Å². The Morgan fingerprint density at radius 2 is 2.00 bits per heavy atom. The van der Waals surface area contributed by atoms with Crippen LogP contribution in [-0.2, 0) is 22.7 Å². The molecule has 2 saturated heterocycles. The zero-order valence-corrected chi connectivity index (χ0v) is 17.1. The van der Waals surface area contributed by atoms with Gasteiger partial charge < -0.3 is 20.1 Å². The molecule has 0 saturated carbocycles. The van der Waals surface area contributed by atoms with Crippen LogP contribution in [0, 0.1) is 0 Å². The summed E-state index contributed by atoms with van der Waals surface area (Å²) in [6, 6.07) is 5.22. The third-order valence-electron chi connectivity index (χ3n) is 6.40. The van der Waals surface area contributed by atoms with Crippen LogP contribution >= 0.6 is 0 Å². The molecular formula is C22H25N5O4. The molecule has 5 rings (SSSR count). The number of amides is 3. The monoisotopic (exact) mass is 423 g/mol. The summed E-state index contributed by atoms with van der Waals surface area (Å²) in [5, 5.41) is 13.3. The fourth-order valence-corrected chi connectivity index (χ4v) is 4.68. The Morgan fingerprint density at radius 3 is 2.81 bits per heavy atom. The van der Waals surface area contributed by atoms with E-state index in [1.54, 1.807) is 11.2 Å². The number of anilines is 1. The van der Waals surface area contributed by atoms with Gasteiger partial charge in [0.1, 0.15) is 18.0 Å². The summed E-state index contributed by atoms with van der Waals surface area (Å²) in [6.45, 7) is 2.89. The number of fused-ring (bicyclic) bond motifs is 1. The zero-order chi connectivity index (χ0) is 21.4. The van der Waals surface area contributed by atoms with E-state index in [-0.39, 0.29) is 18.2 Å². The van der Waals surface area contributed by atoms with E-state index >= 15 is 0 Å². The van der Waals surface area contributed by atoms with Gasteiger partial charge in [0.25, 0.3) is 5.91 Å². The number of aromatic nitrogens is 1. The predicted molar refractivity (Wildman–Crippen MR) is 111 cm³/mol. The molecule has 4 heterocycles. The van der Waals surface area contributed by atoms with Gasteiger partial charge in [-0.25, -0.2) is 0 Å². The van der Waals surface area contributed by atoms with Crippen LogP contribution in [0.3, 0.4) is 0 Å². The van der Waals surface area contributed by atoms with Gasteiger partial charge in [0, 0.05) is 31.0 Å². The summed E-state index contributed by atoms with van der Waals surface area (Å²) < 4.78 is 5.22. The Balaban J connectivity index is 1.27. The molecule has 0 radical (unpaired) electrons. The van der Waals surface area contributed by atoms with E-state index < -0.39 is 11.9 Å². The first-order valence-electron chi connectivity index (χ1n) is 10.8. The lowest BCUT2D eigenvalue weighted by atomic mass is 9.94. The van der Waals surface area contributed by atoms with Crippen molar-refractivity contribution in [3.05, 3.63) is 46.8 Å². The van der Waals surface area contributed by atoms with Crippen LogP contribution in [0.2, 0.25) is 0 Å². The number of benzene rings is 1. The number of rotatable bonds is 5. The molecule has 3 aliphatic rings. The van der Waals surface area contributed by atoms with Crippen molar-refractivity contribution in [1.82, 2.24) is 20.7 Å². The quantitative estimate of drug-likeness (QED) is 0.624. The second-order valence-corrected chi connectivity index (χ2v) is 8.38. The van der Waals surface area contributed by atoms with Crippen LogP contribution in [0.4, 0.5) is 5.69 Å². The first-order chi connectivity index (χ1) is 15.1. The van der Waals surface area contributed by atoms with Crippen LogP contribution < -0.4 is 16.0 Å². The second kappa shape index (κ2) is 8.14. The Morgan fingerprint density at radius 1 is 1.16 bits per heavy atom. The van der Waals surface area contributed by atoms with Crippen molar-refractivity contribution >= 4 is 23.4 Å². The number of imide groups is 1. The molecule has 31 heavy (non-hydrogen) atoms. The number of nitrogens with zero attached hydrogens (tertiary/aromatic N) is 2. The summed E-state index contributed by atoms with van der Waals surface area (Å²) in [5.74, 6) is -0.452. The number of piperidine rings is 2. The number of carbonyl (C=O) groups is 3. The van der Waals surface area contributed by atoms with Gasteiger partial charge in [0.15, 0.2) is 0 Å². The van der Waals surface area contributed by atoms with Gasteiger partial charge in [0.2, 0.25) is 11.8 Å². The summed E-state index contributed by atoms with van der Waals surface area (Å²) in [5.41, 5.74) is 4.34. The topological polar surface area (TPSA) is 117 Å². The molecule has 1 atom stereocenters. The first kappa shape index (κ1) is 19.7. The average molecular weight is 423 g/mol. The van der Waals surface area contributed by atoms with Crippen molar-refractivity contribution in [3.8, 4) is 0 Å². The second-order valence-electron chi connectivity index (χ2n) is 8.38. The van der Waals surface area contributed by atoms with E-state index in [0.717, 1.165) is 48.4 Å². The third kappa shape index (κ3) is 3.81. The molecule has 1 aromatic heterocycles. The van der Waals surface area contributed by atoms with Gasteiger partial charge in [-0.05, 0) is 49.5 Å². The molecule has 3 aliphatic heterocycles.